The molecule has 0 saturated carbocycles. The predicted octanol–water partition coefficient (Wildman–Crippen LogP) is 5.22. The van der Waals surface area contributed by atoms with Gasteiger partial charge in [0.2, 0.25) is 5.78 Å². The van der Waals surface area contributed by atoms with Crippen molar-refractivity contribution in [1.29, 1.82) is 0 Å². The number of benzene rings is 3. The zero-order chi connectivity index (χ0) is 22.7. The van der Waals surface area contributed by atoms with Crippen LogP contribution < -0.4 is 23.7 Å². The van der Waals surface area contributed by atoms with Crippen LogP contribution in [0.15, 0.2) is 60.4 Å². The van der Waals surface area contributed by atoms with Gasteiger partial charge in [-0.1, -0.05) is 30.3 Å². The summed E-state index contributed by atoms with van der Waals surface area (Å²) in [7, 11) is 4.75. The monoisotopic (exact) mass is 432 g/mol. The highest BCUT2D eigenvalue weighted by Gasteiger charge is 2.30. The Morgan fingerprint density at radius 1 is 0.844 bits per heavy atom. The molecule has 0 saturated heterocycles. The Balaban J connectivity index is 1.61. The number of Topliss-reactive ketones (excluding diaryl/α,β-unsaturated/α-hetero) is 1. The maximum atomic E-state index is 13.0. The first-order chi connectivity index (χ1) is 15.6. The summed E-state index contributed by atoms with van der Waals surface area (Å²) in [6, 6.07) is 16.7. The zero-order valence-corrected chi connectivity index (χ0v) is 18.4. The van der Waals surface area contributed by atoms with Crippen molar-refractivity contribution in [2.75, 3.05) is 21.3 Å². The van der Waals surface area contributed by atoms with Crippen LogP contribution in [0.5, 0.6) is 28.7 Å². The van der Waals surface area contributed by atoms with E-state index in [9.17, 15) is 4.79 Å². The fourth-order valence-electron chi connectivity index (χ4n) is 3.67. The van der Waals surface area contributed by atoms with Crippen LogP contribution in [0.2, 0.25) is 0 Å². The Bertz CT molecular complexity index is 1190. The first-order valence-corrected chi connectivity index (χ1v) is 10.1. The number of methoxy groups -OCH3 is 3. The molecule has 0 radical (unpaired) electrons. The molecule has 164 valence electrons. The third-order valence-electron chi connectivity index (χ3n) is 5.33. The number of hydrogen-bond acceptors (Lipinski definition) is 6. The van der Waals surface area contributed by atoms with Gasteiger partial charge in [0.25, 0.3) is 0 Å². The third kappa shape index (κ3) is 3.87. The lowest BCUT2D eigenvalue weighted by Gasteiger charge is -2.13. The fourth-order valence-corrected chi connectivity index (χ4v) is 3.67. The first kappa shape index (κ1) is 21.3. The van der Waals surface area contributed by atoms with Gasteiger partial charge in [-0.2, -0.15) is 0 Å². The average Bonchev–Trinajstić information content (AvgIpc) is 3.14. The van der Waals surface area contributed by atoms with Gasteiger partial charge < -0.3 is 23.7 Å². The average molecular weight is 432 g/mol. The Morgan fingerprint density at radius 3 is 2.34 bits per heavy atom. The number of allylic oxidation sites excluding steroid dienone is 1. The lowest BCUT2D eigenvalue weighted by Crippen LogP contribution is -2.00. The van der Waals surface area contributed by atoms with E-state index in [1.165, 1.54) is 0 Å². The van der Waals surface area contributed by atoms with Crippen molar-refractivity contribution in [3.8, 4) is 28.7 Å². The quantitative estimate of drug-likeness (QED) is 0.477. The van der Waals surface area contributed by atoms with Gasteiger partial charge in [-0.3, -0.25) is 4.79 Å². The van der Waals surface area contributed by atoms with Crippen molar-refractivity contribution >= 4 is 11.9 Å². The van der Waals surface area contributed by atoms with Crippen molar-refractivity contribution in [3.05, 3.63) is 82.6 Å². The molecule has 6 heteroatoms. The Morgan fingerprint density at radius 2 is 1.59 bits per heavy atom. The molecule has 6 nitrogen and oxygen atoms in total. The Kier molecular flexibility index (Phi) is 6.03. The summed E-state index contributed by atoms with van der Waals surface area (Å²) in [5, 5.41) is 0. The number of carbonyl (C=O) groups excluding carboxylic acids is 1. The van der Waals surface area contributed by atoms with E-state index in [1.54, 1.807) is 45.6 Å². The van der Waals surface area contributed by atoms with Crippen molar-refractivity contribution in [3.63, 3.8) is 0 Å². The number of fused-ring (bicyclic) bond motifs is 1. The van der Waals surface area contributed by atoms with E-state index in [-0.39, 0.29) is 11.5 Å². The van der Waals surface area contributed by atoms with E-state index in [0.29, 0.717) is 40.7 Å². The zero-order valence-electron chi connectivity index (χ0n) is 18.4. The largest absolute Gasteiger partial charge is 0.496 e. The minimum Gasteiger partial charge on any atom is -0.496 e. The van der Waals surface area contributed by atoms with Crippen molar-refractivity contribution in [2.24, 2.45) is 0 Å². The van der Waals surface area contributed by atoms with Crippen molar-refractivity contribution < 1.29 is 28.5 Å². The van der Waals surface area contributed by atoms with E-state index in [2.05, 4.69) is 0 Å². The number of rotatable bonds is 7. The van der Waals surface area contributed by atoms with Crippen LogP contribution in [-0.2, 0) is 6.61 Å². The van der Waals surface area contributed by atoms with Crippen LogP contribution in [0, 0.1) is 6.92 Å². The Labute approximate surface area is 186 Å². The maximum Gasteiger partial charge on any atom is 0.231 e. The number of carbonyl (C=O) groups is 1. The van der Waals surface area contributed by atoms with Gasteiger partial charge in [0.1, 0.15) is 23.9 Å². The van der Waals surface area contributed by atoms with Gasteiger partial charge in [0.05, 0.1) is 26.9 Å². The van der Waals surface area contributed by atoms with Crippen LogP contribution in [0.4, 0.5) is 0 Å². The molecule has 0 aromatic heterocycles. The molecule has 0 aliphatic carbocycles. The van der Waals surface area contributed by atoms with Crippen LogP contribution >= 0.6 is 0 Å². The van der Waals surface area contributed by atoms with E-state index in [0.717, 1.165) is 16.9 Å². The second-order valence-electron chi connectivity index (χ2n) is 7.19. The van der Waals surface area contributed by atoms with Gasteiger partial charge >= 0.3 is 0 Å². The van der Waals surface area contributed by atoms with Gasteiger partial charge in [0.15, 0.2) is 17.3 Å². The summed E-state index contributed by atoms with van der Waals surface area (Å²) in [6.45, 7) is 2.21. The second kappa shape index (κ2) is 9.06. The van der Waals surface area contributed by atoms with Crippen LogP contribution in [0.3, 0.4) is 0 Å². The highest BCUT2D eigenvalue weighted by atomic mass is 16.5. The topological polar surface area (TPSA) is 63.2 Å². The Hall–Kier alpha value is -3.93. The molecule has 3 aromatic rings. The lowest BCUT2D eigenvalue weighted by molar-refractivity contribution is 0.101. The summed E-state index contributed by atoms with van der Waals surface area (Å²) in [5.41, 5.74) is 2.87. The third-order valence-corrected chi connectivity index (χ3v) is 5.33. The number of para-hydroxylation sites is 2. The fraction of sp³-hybridized carbons (Fsp3) is 0.192. The number of ketones is 1. The number of ether oxygens (including phenoxy) is 5. The second-order valence-corrected chi connectivity index (χ2v) is 7.19. The summed E-state index contributed by atoms with van der Waals surface area (Å²) < 4.78 is 28.2. The molecular weight excluding hydrogens is 408 g/mol. The molecular formula is C26H24O6. The highest BCUT2D eigenvalue weighted by molar-refractivity contribution is 6.15. The van der Waals surface area contributed by atoms with E-state index < -0.39 is 0 Å². The van der Waals surface area contributed by atoms with Crippen LogP contribution in [-0.4, -0.2) is 27.1 Å². The molecule has 0 spiro atoms. The minimum atomic E-state index is -0.191. The molecule has 0 fully saturated rings. The molecule has 0 unspecified atom stereocenters. The standard InChI is InChI=1S/C26H24O6/c1-16-20(31-15-18-8-5-6-10-21(18)28-2)13-12-19-24(27)23(32-25(16)19)14-17-9-7-11-22(29-3)26(17)30-4/h5-14H,15H2,1-4H3/b23-14-. The van der Waals surface area contributed by atoms with Crippen molar-refractivity contribution in [2.45, 2.75) is 13.5 Å². The van der Waals surface area contributed by atoms with Gasteiger partial charge in [-0.15, -0.1) is 0 Å². The van der Waals surface area contributed by atoms with Gasteiger partial charge in [0, 0.05) is 16.7 Å². The minimum absolute atomic E-state index is 0.191. The SMILES string of the molecule is COc1ccccc1COc1ccc2c(c1C)O/C(=C\c1cccc(OC)c1OC)C2=O. The van der Waals surface area contributed by atoms with Crippen LogP contribution in [0.1, 0.15) is 27.0 Å². The first-order valence-electron chi connectivity index (χ1n) is 10.1. The molecule has 3 aromatic carbocycles. The summed E-state index contributed by atoms with van der Waals surface area (Å²) >= 11 is 0. The molecule has 0 atom stereocenters. The molecule has 0 N–H and O–H groups in total. The van der Waals surface area contributed by atoms with Crippen LogP contribution in [0.25, 0.3) is 6.08 Å². The van der Waals surface area contributed by atoms with Gasteiger partial charge in [-0.05, 0) is 37.3 Å². The van der Waals surface area contributed by atoms with Gasteiger partial charge in [-0.25, -0.2) is 0 Å². The molecule has 0 amide bonds. The molecule has 4 rings (SSSR count). The summed E-state index contributed by atoms with van der Waals surface area (Å²) in [6.07, 6.45) is 1.67. The van der Waals surface area contributed by atoms with Crippen molar-refractivity contribution in [1.82, 2.24) is 0 Å². The summed E-state index contributed by atoms with van der Waals surface area (Å²) in [4.78, 5) is 13.0. The maximum absolute atomic E-state index is 13.0. The summed E-state index contributed by atoms with van der Waals surface area (Å²) in [5.74, 6) is 3.04. The predicted molar refractivity (Wildman–Crippen MR) is 121 cm³/mol. The molecule has 1 heterocycles. The molecule has 32 heavy (non-hydrogen) atoms. The van der Waals surface area contributed by atoms with E-state index in [1.807, 2.05) is 43.3 Å². The molecule has 1 aliphatic heterocycles. The normalized spacial score (nSPS) is 13.5. The molecule has 1 aliphatic rings. The smallest absolute Gasteiger partial charge is 0.231 e. The highest BCUT2D eigenvalue weighted by Crippen LogP contribution is 2.41. The van der Waals surface area contributed by atoms with E-state index in [4.69, 9.17) is 23.7 Å². The number of hydrogen-bond donors (Lipinski definition) is 0. The van der Waals surface area contributed by atoms with E-state index >= 15 is 0 Å². The molecule has 0 bridgehead atoms. The lowest BCUT2D eigenvalue weighted by atomic mass is 10.1.